The average Bonchev–Trinajstić information content (AvgIpc) is 2.95. The normalized spacial score (nSPS) is 15.3. The lowest BCUT2D eigenvalue weighted by Gasteiger charge is -2.33. The van der Waals surface area contributed by atoms with Crippen molar-refractivity contribution in [2.45, 2.75) is 12.5 Å². The van der Waals surface area contributed by atoms with Gasteiger partial charge in [0.05, 0.1) is 42.2 Å². The maximum atomic E-state index is 12.9. The van der Waals surface area contributed by atoms with Crippen LogP contribution in [0, 0.1) is 0 Å². The van der Waals surface area contributed by atoms with Crippen LogP contribution >= 0.6 is 34.8 Å². The standard InChI is InChI=1S/C28H25Cl3N4O4/c1-37-25-12-21-24(32-16-33-28(21)34-19-6-7-22(30)23(31)11-19)13-26(25)39-15-20-14-35(8-9-38-20)27(36)10-17-2-4-18(29)5-3-17/h2-7,11-13,16,20H,8-10,14-15H2,1H3,(H,32,33,34). The lowest BCUT2D eigenvalue weighted by atomic mass is 10.1. The zero-order valence-electron chi connectivity index (χ0n) is 21.0. The molecule has 1 unspecified atom stereocenters. The van der Waals surface area contributed by atoms with Crippen molar-refractivity contribution in [1.82, 2.24) is 14.9 Å². The van der Waals surface area contributed by atoms with Crippen molar-refractivity contribution in [3.63, 3.8) is 0 Å². The molecule has 11 heteroatoms. The highest BCUT2D eigenvalue weighted by Gasteiger charge is 2.25. The molecule has 0 radical (unpaired) electrons. The van der Waals surface area contributed by atoms with Gasteiger partial charge in [-0.15, -0.1) is 0 Å². The van der Waals surface area contributed by atoms with E-state index >= 15 is 0 Å². The summed E-state index contributed by atoms with van der Waals surface area (Å²) >= 11 is 18.1. The Morgan fingerprint density at radius 1 is 1.05 bits per heavy atom. The van der Waals surface area contributed by atoms with Crippen LogP contribution in [0.2, 0.25) is 15.1 Å². The number of nitrogens with one attached hydrogen (secondary N) is 1. The van der Waals surface area contributed by atoms with Crippen molar-refractivity contribution < 1.29 is 19.0 Å². The molecule has 1 amide bonds. The predicted molar refractivity (Wildman–Crippen MR) is 153 cm³/mol. The van der Waals surface area contributed by atoms with Gasteiger partial charge in [-0.3, -0.25) is 4.79 Å². The lowest BCUT2D eigenvalue weighted by Crippen LogP contribution is -2.48. The number of halogens is 3. The van der Waals surface area contributed by atoms with Gasteiger partial charge in [-0.1, -0.05) is 46.9 Å². The number of aromatic nitrogens is 2. The molecule has 1 saturated heterocycles. The number of methoxy groups -OCH3 is 1. The molecule has 0 aliphatic carbocycles. The fraction of sp³-hybridized carbons (Fsp3) is 0.250. The van der Waals surface area contributed by atoms with Gasteiger partial charge < -0.3 is 24.4 Å². The summed E-state index contributed by atoms with van der Waals surface area (Å²) in [7, 11) is 1.57. The van der Waals surface area contributed by atoms with Gasteiger partial charge in [0.15, 0.2) is 11.5 Å². The van der Waals surface area contributed by atoms with Crippen LogP contribution in [0.4, 0.5) is 11.5 Å². The molecule has 2 heterocycles. The molecule has 1 N–H and O–H groups in total. The summed E-state index contributed by atoms with van der Waals surface area (Å²) in [6, 6.07) is 16.1. The van der Waals surface area contributed by atoms with E-state index in [-0.39, 0.29) is 18.6 Å². The minimum atomic E-state index is -0.286. The number of amides is 1. The Balaban J connectivity index is 1.26. The minimum Gasteiger partial charge on any atom is -0.493 e. The summed E-state index contributed by atoms with van der Waals surface area (Å²) < 4.78 is 17.6. The first kappa shape index (κ1) is 27.3. The summed E-state index contributed by atoms with van der Waals surface area (Å²) in [5.41, 5.74) is 2.31. The predicted octanol–water partition coefficient (Wildman–Crippen LogP) is 6.19. The lowest BCUT2D eigenvalue weighted by molar-refractivity contribution is -0.139. The van der Waals surface area contributed by atoms with Gasteiger partial charge in [0.1, 0.15) is 24.9 Å². The smallest absolute Gasteiger partial charge is 0.227 e. The molecular weight excluding hydrogens is 563 g/mol. The van der Waals surface area contributed by atoms with Crippen LogP contribution in [0.25, 0.3) is 10.9 Å². The van der Waals surface area contributed by atoms with E-state index in [9.17, 15) is 4.79 Å². The summed E-state index contributed by atoms with van der Waals surface area (Å²) in [5.74, 6) is 1.64. The first-order valence-electron chi connectivity index (χ1n) is 12.2. The summed E-state index contributed by atoms with van der Waals surface area (Å²) in [6.07, 6.45) is 1.49. The van der Waals surface area contributed by atoms with E-state index in [1.165, 1.54) is 6.33 Å². The molecule has 39 heavy (non-hydrogen) atoms. The second-order valence-electron chi connectivity index (χ2n) is 8.94. The summed E-state index contributed by atoms with van der Waals surface area (Å²) in [6.45, 7) is 1.65. The van der Waals surface area contributed by atoms with E-state index in [0.717, 1.165) is 16.6 Å². The fourth-order valence-electron chi connectivity index (χ4n) is 4.26. The zero-order valence-corrected chi connectivity index (χ0v) is 23.3. The Morgan fingerprint density at radius 2 is 1.87 bits per heavy atom. The highest BCUT2D eigenvalue weighted by Crippen LogP contribution is 2.35. The van der Waals surface area contributed by atoms with E-state index < -0.39 is 0 Å². The average molecular weight is 588 g/mol. The molecule has 1 aliphatic heterocycles. The second kappa shape index (κ2) is 12.3. The third-order valence-electron chi connectivity index (χ3n) is 6.29. The Morgan fingerprint density at radius 3 is 2.64 bits per heavy atom. The first-order valence-corrected chi connectivity index (χ1v) is 13.3. The molecule has 202 valence electrons. The number of anilines is 2. The highest BCUT2D eigenvalue weighted by atomic mass is 35.5. The van der Waals surface area contributed by atoms with E-state index in [4.69, 9.17) is 49.0 Å². The van der Waals surface area contributed by atoms with Gasteiger partial charge in [-0.05, 0) is 42.0 Å². The summed E-state index contributed by atoms with van der Waals surface area (Å²) in [5, 5.41) is 5.53. The molecular formula is C28H25Cl3N4O4. The number of rotatable bonds is 8. The molecule has 1 fully saturated rings. The van der Waals surface area contributed by atoms with Crippen LogP contribution in [0.5, 0.6) is 11.5 Å². The van der Waals surface area contributed by atoms with E-state index in [1.54, 1.807) is 42.3 Å². The monoisotopic (exact) mass is 586 g/mol. The number of ether oxygens (including phenoxy) is 3. The molecule has 4 aromatic rings. The maximum Gasteiger partial charge on any atom is 0.227 e. The maximum absolute atomic E-state index is 12.9. The van der Waals surface area contributed by atoms with E-state index in [1.807, 2.05) is 24.3 Å². The van der Waals surface area contributed by atoms with Crippen molar-refractivity contribution in [1.29, 1.82) is 0 Å². The SMILES string of the molecule is COc1cc2c(Nc3ccc(Cl)c(Cl)c3)ncnc2cc1OCC1CN(C(=O)Cc2ccc(Cl)cc2)CCO1. The third-order valence-corrected chi connectivity index (χ3v) is 7.28. The number of hydrogen-bond acceptors (Lipinski definition) is 7. The van der Waals surface area contributed by atoms with Gasteiger partial charge in [-0.2, -0.15) is 0 Å². The first-order chi connectivity index (χ1) is 18.9. The van der Waals surface area contributed by atoms with Gasteiger partial charge >= 0.3 is 0 Å². The number of morpholine rings is 1. The Bertz CT molecular complexity index is 1490. The van der Waals surface area contributed by atoms with E-state index in [0.29, 0.717) is 64.0 Å². The third kappa shape index (κ3) is 6.65. The van der Waals surface area contributed by atoms with Crippen molar-refractivity contribution in [3.05, 3.63) is 81.6 Å². The van der Waals surface area contributed by atoms with Crippen molar-refractivity contribution in [2.75, 3.05) is 38.7 Å². The summed E-state index contributed by atoms with van der Waals surface area (Å²) in [4.78, 5) is 23.4. The number of nitrogens with zero attached hydrogens (tertiary/aromatic N) is 3. The van der Waals surface area contributed by atoms with Gasteiger partial charge in [0.2, 0.25) is 5.91 Å². The fourth-order valence-corrected chi connectivity index (χ4v) is 4.69. The van der Waals surface area contributed by atoms with Crippen LogP contribution in [0.1, 0.15) is 5.56 Å². The number of benzene rings is 3. The number of fused-ring (bicyclic) bond motifs is 1. The molecule has 0 spiro atoms. The Hall–Kier alpha value is -3.30. The topological polar surface area (TPSA) is 85.8 Å². The van der Waals surface area contributed by atoms with Crippen molar-refractivity contribution >= 4 is 63.1 Å². The number of carbonyl (C=O) groups is 1. The molecule has 0 saturated carbocycles. The van der Waals surface area contributed by atoms with E-state index in [2.05, 4.69) is 15.3 Å². The molecule has 3 aromatic carbocycles. The largest absolute Gasteiger partial charge is 0.493 e. The quantitative estimate of drug-likeness (QED) is 0.263. The molecule has 5 rings (SSSR count). The molecule has 8 nitrogen and oxygen atoms in total. The van der Waals surface area contributed by atoms with Crippen molar-refractivity contribution in [2.24, 2.45) is 0 Å². The zero-order chi connectivity index (χ0) is 27.4. The molecule has 0 bridgehead atoms. The Kier molecular flexibility index (Phi) is 8.57. The van der Waals surface area contributed by atoms with Gasteiger partial charge in [0, 0.05) is 28.7 Å². The number of carbonyl (C=O) groups excluding carboxylic acids is 1. The highest BCUT2D eigenvalue weighted by molar-refractivity contribution is 6.42. The van der Waals surface area contributed by atoms with Crippen LogP contribution in [0.3, 0.4) is 0 Å². The number of hydrogen-bond donors (Lipinski definition) is 1. The second-order valence-corrected chi connectivity index (χ2v) is 10.2. The van der Waals surface area contributed by atoms with Crippen LogP contribution < -0.4 is 14.8 Å². The van der Waals surface area contributed by atoms with Gasteiger partial charge in [-0.25, -0.2) is 9.97 Å². The Labute approximate surface area is 240 Å². The molecule has 1 aliphatic rings. The molecule has 1 atom stereocenters. The molecule has 1 aromatic heterocycles. The van der Waals surface area contributed by atoms with Crippen LogP contribution in [-0.4, -0.2) is 60.3 Å². The van der Waals surface area contributed by atoms with Crippen LogP contribution in [0.15, 0.2) is 60.9 Å². The minimum absolute atomic E-state index is 0.0348. The van der Waals surface area contributed by atoms with Crippen molar-refractivity contribution in [3.8, 4) is 11.5 Å². The van der Waals surface area contributed by atoms with Crippen LogP contribution in [-0.2, 0) is 16.0 Å². The van der Waals surface area contributed by atoms with Gasteiger partial charge in [0.25, 0.3) is 0 Å².